The molecule has 0 amide bonds. The first-order chi connectivity index (χ1) is 6.58. The number of rotatable bonds is 7. The molecule has 0 saturated heterocycles. The summed E-state index contributed by atoms with van der Waals surface area (Å²) < 4.78 is 0. The Morgan fingerprint density at radius 3 is 2.79 bits per heavy atom. The topological polar surface area (TPSA) is 49.3 Å². The molecule has 0 aromatic carbocycles. The lowest BCUT2D eigenvalue weighted by Gasteiger charge is -2.25. The lowest BCUT2D eigenvalue weighted by Crippen LogP contribution is -2.50. The minimum Gasteiger partial charge on any atom is -0.480 e. The van der Waals surface area contributed by atoms with Crippen molar-refractivity contribution in [3.05, 3.63) is 12.7 Å². The van der Waals surface area contributed by atoms with E-state index in [1.54, 1.807) is 13.0 Å². The van der Waals surface area contributed by atoms with Crippen molar-refractivity contribution in [3.8, 4) is 0 Å². The van der Waals surface area contributed by atoms with Crippen molar-refractivity contribution in [2.24, 2.45) is 5.92 Å². The smallest absolute Gasteiger partial charge is 0.323 e. The van der Waals surface area contributed by atoms with Crippen LogP contribution in [0.4, 0.5) is 0 Å². The van der Waals surface area contributed by atoms with Crippen LogP contribution in [0.5, 0.6) is 0 Å². The summed E-state index contributed by atoms with van der Waals surface area (Å²) in [6.45, 7) is 6.19. The fourth-order valence-corrected chi connectivity index (χ4v) is 1.35. The number of carbonyl (C=O) groups is 1. The van der Waals surface area contributed by atoms with E-state index in [-0.39, 0.29) is 0 Å². The monoisotopic (exact) mass is 197 g/mol. The standard InChI is InChI=1S/C11H19NO2/c1-3-4-7-11(2,10(13)14)12-8-9-5-6-9/h3,9,12H,1,4-8H2,2H3,(H,13,14). The number of hydrogen-bond donors (Lipinski definition) is 2. The molecule has 1 atom stereocenters. The lowest BCUT2D eigenvalue weighted by molar-refractivity contribution is -0.144. The van der Waals surface area contributed by atoms with Gasteiger partial charge in [0.2, 0.25) is 0 Å². The first kappa shape index (κ1) is 11.2. The summed E-state index contributed by atoms with van der Waals surface area (Å²) in [5.74, 6) is -0.0580. The van der Waals surface area contributed by atoms with E-state index in [9.17, 15) is 4.79 Å². The minimum absolute atomic E-state index is 0.610. The molecule has 0 aromatic heterocycles. The van der Waals surface area contributed by atoms with Gasteiger partial charge in [-0.25, -0.2) is 0 Å². The average Bonchev–Trinajstić information content (AvgIpc) is 2.94. The lowest BCUT2D eigenvalue weighted by atomic mass is 9.95. The third kappa shape index (κ3) is 3.14. The fourth-order valence-electron chi connectivity index (χ4n) is 1.35. The maximum atomic E-state index is 11.1. The van der Waals surface area contributed by atoms with Gasteiger partial charge in [0.05, 0.1) is 0 Å². The van der Waals surface area contributed by atoms with Crippen LogP contribution in [0.25, 0.3) is 0 Å². The van der Waals surface area contributed by atoms with Crippen LogP contribution in [0.3, 0.4) is 0 Å². The van der Waals surface area contributed by atoms with Crippen LogP contribution in [0, 0.1) is 5.92 Å². The molecule has 1 fully saturated rings. The molecule has 1 unspecified atom stereocenters. The molecule has 1 saturated carbocycles. The second kappa shape index (κ2) is 4.60. The van der Waals surface area contributed by atoms with Crippen LogP contribution in [0.2, 0.25) is 0 Å². The zero-order valence-corrected chi connectivity index (χ0v) is 8.75. The van der Waals surface area contributed by atoms with Crippen molar-refractivity contribution in [1.29, 1.82) is 0 Å². The fraction of sp³-hybridized carbons (Fsp3) is 0.727. The summed E-state index contributed by atoms with van der Waals surface area (Å²) in [7, 11) is 0. The highest BCUT2D eigenvalue weighted by atomic mass is 16.4. The average molecular weight is 197 g/mol. The summed E-state index contributed by atoms with van der Waals surface area (Å²) in [4.78, 5) is 11.1. The summed E-state index contributed by atoms with van der Waals surface area (Å²) in [5.41, 5.74) is -0.781. The van der Waals surface area contributed by atoms with Gasteiger partial charge in [-0.3, -0.25) is 4.79 Å². The Bertz CT molecular complexity index is 223. The Labute approximate surface area is 85.2 Å². The van der Waals surface area contributed by atoms with Crippen LogP contribution < -0.4 is 5.32 Å². The number of aliphatic carboxylic acids is 1. The molecule has 2 N–H and O–H groups in total. The maximum absolute atomic E-state index is 11.1. The third-order valence-electron chi connectivity index (χ3n) is 2.80. The predicted molar refractivity (Wildman–Crippen MR) is 56.2 cm³/mol. The largest absolute Gasteiger partial charge is 0.480 e. The molecule has 80 valence electrons. The number of carboxylic acid groups (broad SMARTS) is 1. The van der Waals surface area contributed by atoms with E-state index in [1.165, 1.54) is 12.8 Å². The van der Waals surface area contributed by atoms with Crippen LogP contribution >= 0.6 is 0 Å². The Morgan fingerprint density at radius 1 is 1.71 bits per heavy atom. The molecule has 0 heterocycles. The quantitative estimate of drug-likeness (QED) is 0.612. The highest BCUT2D eigenvalue weighted by Crippen LogP contribution is 2.28. The third-order valence-corrected chi connectivity index (χ3v) is 2.80. The molecule has 1 aliphatic rings. The molecule has 0 spiro atoms. The van der Waals surface area contributed by atoms with E-state index in [1.807, 2.05) is 0 Å². The molecule has 0 aliphatic heterocycles. The van der Waals surface area contributed by atoms with Crippen LogP contribution in [0.15, 0.2) is 12.7 Å². The van der Waals surface area contributed by atoms with Crippen molar-refractivity contribution in [2.45, 2.75) is 38.1 Å². The molecular weight excluding hydrogens is 178 g/mol. The van der Waals surface area contributed by atoms with Crippen LogP contribution in [-0.2, 0) is 4.79 Å². The summed E-state index contributed by atoms with van der Waals surface area (Å²) in [5, 5.41) is 12.2. The maximum Gasteiger partial charge on any atom is 0.323 e. The predicted octanol–water partition coefficient (Wildman–Crippen LogP) is 1.80. The van der Waals surface area contributed by atoms with E-state index in [0.717, 1.165) is 13.0 Å². The van der Waals surface area contributed by atoms with Gasteiger partial charge in [0.15, 0.2) is 0 Å². The normalized spacial score (nSPS) is 20.1. The van der Waals surface area contributed by atoms with Gasteiger partial charge in [-0.15, -0.1) is 6.58 Å². The molecule has 1 rings (SSSR count). The van der Waals surface area contributed by atoms with E-state index in [4.69, 9.17) is 5.11 Å². The number of carboxylic acids is 1. The van der Waals surface area contributed by atoms with Gasteiger partial charge in [0.1, 0.15) is 5.54 Å². The van der Waals surface area contributed by atoms with Crippen molar-refractivity contribution in [3.63, 3.8) is 0 Å². The highest BCUT2D eigenvalue weighted by Gasteiger charge is 2.33. The Balaban J connectivity index is 2.40. The Hall–Kier alpha value is -0.830. The summed E-state index contributed by atoms with van der Waals surface area (Å²) >= 11 is 0. The molecule has 0 radical (unpaired) electrons. The highest BCUT2D eigenvalue weighted by molar-refractivity contribution is 5.78. The summed E-state index contributed by atoms with van der Waals surface area (Å²) in [6, 6.07) is 0. The van der Waals surface area contributed by atoms with Crippen molar-refractivity contribution < 1.29 is 9.90 Å². The van der Waals surface area contributed by atoms with Gasteiger partial charge in [-0.2, -0.15) is 0 Å². The van der Waals surface area contributed by atoms with Gasteiger partial charge in [-0.05, 0) is 45.1 Å². The van der Waals surface area contributed by atoms with Gasteiger partial charge < -0.3 is 10.4 Å². The molecule has 3 heteroatoms. The van der Waals surface area contributed by atoms with E-state index >= 15 is 0 Å². The number of allylic oxidation sites excluding steroid dienone is 1. The molecule has 14 heavy (non-hydrogen) atoms. The number of hydrogen-bond acceptors (Lipinski definition) is 2. The second-order valence-corrected chi connectivity index (χ2v) is 4.29. The Kier molecular flexibility index (Phi) is 3.69. The minimum atomic E-state index is -0.781. The van der Waals surface area contributed by atoms with Crippen molar-refractivity contribution in [2.75, 3.05) is 6.54 Å². The molecule has 0 bridgehead atoms. The van der Waals surface area contributed by atoms with Crippen LogP contribution in [0.1, 0.15) is 32.6 Å². The molecular formula is C11H19NO2. The Morgan fingerprint density at radius 2 is 2.36 bits per heavy atom. The van der Waals surface area contributed by atoms with E-state index in [0.29, 0.717) is 12.3 Å². The second-order valence-electron chi connectivity index (χ2n) is 4.29. The molecule has 3 nitrogen and oxygen atoms in total. The number of nitrogens with one attached hydrogen (secondary N) is 1. The van der Waals surface area contributed by atoms with Gasteiger partial charge in [-0.1, -0.05) is 6.08 Å². The van der Waals surface area contributed by atoms with E-state index < -0.39 is 11.5 Å². The van der Waals surface area contributed by atoms with Gasteiger partial charge in [0.25, 0.3) is 0 Å². The van der Waals surface area contributed by atoms with Crippen molar-refractivity contribution >= 4 is 5.97 Å². The molecule has 1 aliphatic carbocycles. The first-order valence-electron chi connectivity index (χ1n) is 5.18. The van der Waals surface area contributed by atoms with E-state index in [2.05, 4.69) is 11.9 Å². The summed E-state index contributed by atoms with van der Waals surface area (Å²) in [6.07, 6.45) is 5.59. The first-order valence-corrected chi connectivity index (χ1v) is 5.18. The van der Waals surface area contributed by atoms with Gasteiger partial charge in [0, 0.05) is 0 Å². The SMILES string of the molecule is C=CCCC(C)(NCC1CC1)C(=O)O. The van der Waals surface area contributed by atoms with Gasteiger partial charge >= 0.3 is 5.97 Å². The van der Waals surface area contributed by atoms with Crippen molar-refractivity contribution in [1.82, 2.24) is 5.32 Å². The van der Waals surface area contributed by atoms with Crippen LogP contribution in [-0.4, -0.2) is 23.2 Å². The zero-order valence-electron chi connectivity index (χ0n) is 8.75. The zero-order chi connectivity index (χ0) is 10.6. The molecule has 0 aromatic rings.